The first-order chi connectivity index (χ1) is 13.5. The van der Waals surface area contributed by atoms with Crippen molar-refractivity contribution in [1.29, 1.82) is 0 Å². The van der Waals surface area contributed by atoms with E-state index in [0.717, 1.165) is 19.3 Å². The largest absolute Gasteiger partial charge is 0.481 e. The van der Waals surface area contributed by atoms with Crippen molar-refractivity contribution >= 4 is 17.8 Å². The van der Waals surface area contributed by atoms with Gasteiger partial charge in [0.2, 0.25) is 5.91 Å². The van der Waals surface area contributed by atoms with Gasteiger partial charge in [-0.3, -0.25) is 9.59 Å². The highest BCUT2D eigenvalue weighted by Crippen LogP contribution is 2.13. The second-order valence-corrected chi connectivity index (χ2v) is 7.57. The molecule has 0 aliphatic carbocycles. The fraction of sp³-hybridized carbons (Fsp3) is 0.864. The molecule has 0 spiro atoms. The van der Waals surface area contributed by atoms with Crippen LogP contribution in [0.5, 0.6) is 0 Å². The van der Waals surface area contributed by atoms with E-state index in [4.69, 9.17) is 5.11 Å². The van der Waals surface area contributed by atoms with Crippen molar-refractivity contribution in [2.24, 2.45) is 0 Å². The molecule has 0 unspecified atom stereocenters. The minimum Gasteiger partial charge on any atom is -0.481 e. The third kappa shape index (κ3) is 16.6. The Morgan fingerprint density at radius 1 is 0.786 bits per heavy atom. The molecule has 0 aromatic rings. The van der Waals surface area contributed by atoms with Crippen LogP contribution in [-0.2, 0) is 19.1 Å². The molecule has 0 aliphatic heterocycles. The normalized spacial score (nSPS) is 11.8. The van der Waals surface area contributed by atoms with E-state index in [-0.39, 0.29) is 18.7 Å². The number of aliphatic carboxylic acids is 1. The summed E-state index contributed by atoms with van der Waals surface area (Å²) in [6, 6.07) is -0.879. The zero-order chi connectivity index (χ0) is 21.0. The first kappa shape index (κ1) is 26.4. The Hall–Kier alpha value is -1.59. The van der Waals surface area contributed by atoms with Crippen LogP contribution >= 0.6 is 0 Å². The van der Waals surface area contributed by atoms with Crippen LogP contribution in [0.3, 0.4) is 0 Å². The van der Waals surface area contributed by atoms with Crippen LogP contribution in [0.1, 0.15) is 110 Å². The molecule has 6 heteroatoms. The van der Waals surface area contributed by atoms with Gasteiger partial charge in [0.25, 0.3) is 0 Å². The van der Waals surface area contributed by atoms with Crippen molar-refractivity contribution in [3.63, 3.8) is 0 Å². The van der Waals surface area contributed by atoms with Crippen LogP contribution < -0.4 is 5.32 Å². The maximum atomic E-state index is 12.0. The summed E-state index contributed by atoms with van der Waals surface area (Å²) in [5.74, 6) is -1.82. The molecule has 0 saturated heterocycles. The molecule has 0 aliphatic rings. The second-order valence-electron chi connectivity index (χ2n) is 7.57. The number of ether oxygens (including phenoxy) is 1. The minimum absolute atomic E-state index is 0.0480. The van der Waals surface area contributed by atoms with Gasteiger partial charge in [-0.1, -0.05) is 84.0 Å². The van der Waals surface area contributed by atoms with Gasteiger partial charge in [-0.25, -0.2) is 4.79 Å². The molecular formula is C22H41NO5. The van der Waals surface area contributed by atoms with Crippen molar-refractivity contribution in [2.45, 2.75) is 116 Å². The number of hydrogen-bond donors (Lipinski definition) is 2. The van der Waals surface area contributed by atoms with Crippen molar-refractivity contribution in [3.8, 4) is 0 Å². The lowest BCUT2D eigenvalue weighted by Gasteiger charge is -2.15. The number of hydrogen-bond acceptors (Lipinski definition) is 4. The summed E-state index contributed by atoms with van der Waals surface area (Å²) in [6.45, 7) is 2.24. The summed E-state index contributed by atoms with van der Waals surface area (Å²) in [4.78, 5) is 34.2. The molecule has 164 valence electrons. The zero-order valence-corrected chi connectivity index (χ0v) is 18.0. The first-order valence-electron chi connectivity index (χ1n) is 11.1. The average molecular weight is 400 g/mol. The topological polar surface area (TPSA) is 92.7 Å². The molecule has 1 atom stereocenters. The fourth-order valence-corrected chi connectivity index (χ4v) is 3.23. The Bertz CT molecular complexity index is 425. The molecule has 0 fully saturated rings. The van der Waals surface area contributed by atoms with Crippen LogP contribution in [0.2, 0.25) is 0 Å². The number of carbonyl (C=O) groups is 3. The third-order valence-corrected chi connectivity index (χ3v) is 4.98. The van der Waals surface area contributed by atoms with Gasteiger partial charge in [0, 0.05) is 12.8 Å². The predicted molar refractivity (Wildman–Crippen MR) is 111 cm³/mol. The summed E-state index contributed by atoms with van der Waals surface area (Å²) in [5, 5.41) is 11.3. The van der Waals surface area contributed by atoms with E-state index in [0.29, 0.717) is 6.42 Å². The first-order valence-corrected chi connectivity index (χ1v) is 11.1. The number of esters is 1. The van der Waals surface area contributed by atoms with Gasteiger partial charge in [0.15, 0.2) is 0 Å². The third-order valence-electron chi connectivity index (χ3n) is 4.98. The van der Waals surface area contributed by atoms with Crippen LogP contribution in [-0.4, -0.2) is 36.1 Å². The molecule has 2 N–H and O–H groups in total. The Kier molecular flexibility index (Phi) is 17.7. The quantitative estimate of drug-likeness (QED) is 0.236. The van der Waals surface area contributed by atoms with Crippen molar-refractivity contribution in [2.75, 3.05) is 7.11 Å². The molecule has 28 heavy (non-hydrogen) atoms. The van der Waals surface area contributed by atoms with E-state index >= 15 is 0 Å². The Balaban J connectivity index is 3.61. The highest BCUT2D eigenvalue weighted by atomic mass is 16.5. The number of amides is 1. The summed E-state index contributed by atoms with van der Waals surface area (Å²) in [6.07, 6.45) is 16.4. The molecule has 6 nitrogen and oxygen atoms in total. The fourth-order valence-electron chi connectivity index (χ4n) is 3.23. The molecule has 0 saturated carbocycles. The SMILES string of the molecule is CCCCCCCCCCCCCCCC(=O)N[C@@H](CCC(=O)O)C(=O)OC. The minimum atomic E-state index is -1.00. The number of rotatable bonds is 19. The van der Waals surface area contributed by atoms with Gasteiger partial charge >= 0.3 is 11.9 Å². The van der Waals surface area contributed by atoms with Crippen LogP contribution in [0.25, 0.3) is 0 Å². The Morgan fingerprint density at radius 3 is 1.68 bits per heavy atom. The van der Waals surface area contributed by atoms with Gasteiger partial charge in [-0.05, 0) is 12.8 Å². The zero-order valence-electron chi connectivity index (χ0n) is 18.0. The summed E-state index contributed by atoms with van der Waals surface area (Å²) < 4.78 is 4.62. The van der Waals surface area contributed by atoms with Gasteiger partial charge in [0.05, 0.1) is 7.11 Å². The standard InChI is InChI=1S/C22H41NO5/c1-3-4-5-6-7-8-9-10-11-12-13-14-15-16-20(24)23-19(22(27)28-2)17-18-21(25)26/h19H,3-18H2,1-2H3,(H,23,24)(H,25,26)/t19-/m0/s1. The lowest BCUT2D eigenvalue weighted by Crippen LogP contribution is -2.41. The highest BCUT2D eigenvalue weighted by Gasteiger charge is 2.22. The predicted octanol–water partition coefficient (Wildman–Crippen LogP) is 4.99. The van der Waals surface area contributed by atoms with E-state index in [1.165, 1.54) is 71.3 Å². The van der Waals surface area contributed by atoms with Crippen molar-refractivity contribution in [1.82, 2.24) is 5.32 Å². The molecule has 0 bridgehead atoms. The van der Waals surface area contributed by atoms with E-state index in [1.807, 2.05) is 0 Å². The molecule has 0 heterocycles. The number of methoxy groups -OCH3 is 1. The average Bonchev–Trinajstić information content (AvgIpc) is 2.67. The molecule has 0 aromatic carbocycles. The van der Waals surface area contributed by atoms with Gasteiger partial charge in [0.1, 0.15) is 6.04 Å². The lowest BCUT2D eigenvalue weighted by molar-refractivity contribution is -0.146. The van der Waals surface area contributed by atoms with E-state index < -0.39 is 18.0 Å². The van der Waals surface area contributed by atoms with E-state index in [1.54, 1.807) is 0 Å². The van der Waals surface area contributed by atoms with Crippen LogP contribution in [0, 0.1) is 0 Å². The number of carboxylic acid groups (broad SMARTS) is 1. The second kappa shape index (κ2) is 18.8. The molecule has 0 aromatic heterocycles. The number of nitrogens with one attached hydrogen (secondary N) is 1. The maximum absolute atomic E-state index is 12.0. The summed E-state index contributed by atoms with van der Waals surface area (Å²) in [7, 11) is 1.23. The highest BCUT2D eigenvalue weighted by molar-refractivity contribution is 5.84. The summed E-state index contributed by atoms with van der Waals surface area (Å²) in [5.41, 5.74) is 0. The Labute approximate surface area is 170 Å². The van der Waals surface area contributed by atoms with E-state index in [9.17, 15) is 14.4 Å². The number of carboxylic acids is 1. The molecule has 0 rings (SSSR count). The number of carbonyl (C=O) groups excluding carboxylic acids is 2. The van der Waals surface area contributed by atoms with Crippen molar-refractivity contribution < 1.29 is 24.2 Å². The smallest absolute Gasteiger partial charge is 0.328 e. The van der Waals surface area contributed by atoms with Crippen LogP contribution in [0.15, 0.2) is 0 Å². The van der Waals surface area contributed by atoms with Crippen molar-refractivity contribution in [3.05, 3.63) is 0 Å². The van der Waals surface area contributed by atoms with Gasteiger partial charge in [-0.15, -0.1) is 0 Å². The van der Waals surface area contributed by atoms with Gasteiger partial charge < -0.3 is 15.2 Å². The summed E-state index contributed by atoms with van der Waals surface area (Å²) >= 11 is 0. The Morgan fingerprint density at radius 2 is 1.25 bits per heavy atom. The molecule has 1 amide bonds. The number of unbranched alkanes of at least 4 members (excludes halogenated alkanes) is 12. The molecule has 0 radical (unpaired) electrons. The van der Waals surface area contributed by atoms with Crippen LogP contribution in [0.4, 0.5) is 0 Å². The van der Waals surface area contributed by atoms with E-state index in [2.05, 4.69) is 17.0 Å². The monoisotopic (exact) mass is 399 g/mol. The molecular weight excluding hydrogens is 358 g/mol. The van der Waals surface area contributed by atoms with Gasteiger partial charge in [-0.2, -0.15) is 0 Å². The maximum Gasteiger partial charge on any atom is 0.328 e. The lowest BCUT2D eigenvalue weighted by atomic mass is 10.0.